The maximum atomic E-state index is 5.23. The summed E-state index contributed by atoms with van der Waals surface area (Å²) in [4.78, 5) is 8.02. The summed E-state index contributed by atoms with van der Waals surface area (Å²) < 4.78 is 4.95. The number of hydrazine groups is 1. The van der Waals surface area contributed by atoms with Gasteiger partial charge in [-0.25, -0.2) is 15.8 Å². The number of nitrogens with zero attached hydrogens (tertiary/aromatic N) is 2. The molecular weight excluding hydrogens is 200 g/mol. The van der Waals surface area contributed by atoms with Crippen molar-refractivity contribution in [3.05, 3.63) is 12.4 Å². The van der Waals surface area contributed by atoms with Gasteiger partial charge >= 0.3 is 0 Å². The van der Waals surface area contributed by atoms with Gasteiger partial charge in [0.25, 0.3) is 0 Å². The molecular formula is C8H14N4OS. The summed E-state index contributed by atoms with van der Waals surface area (Å²) in [5, 5.41) is 0.920. The summed E-state index contributed by atoms with van der Waals surface area (Å²) >= 11 is 1.66. The van der Waals surface area contributed by atoms with E-state index < -0.39 is 0 Å². The van der Waals surface area contributed by atoms with Gasteiger partial charge in [-0.05, 0) is 6.42 Å². The van der Waals surface area contributed by atoms with E-state index in [2.05, 4.69) is 15.4 Å². The Hall–Kier alpha value is -0.850. The fraction of sp³-hybridized carbons (Fsp3) is 0.500. The number of anilines is 1. The molecule has 1 heterocycles. The van der Waals surface area contributed by atoms with E-state index in [4.69, 9.17) is 10.6 Å². The van der Waals surface area contributed by atoms with Crippen LogP contribution in [-0.4, -0.2) is 29.4 Å². The van der Waals surface area contributed by atoms with Gasteiger partial charge in [-0.15, -0.1) is 11.8 Å². The Labute approximate surface area is 87.4 Å². The molecule has 0 radical (unpaired) electrons. The normalized spacial score (nSPS) is 10.1. The minimum atomic E-state index is 0.634. The lowest BCUT2D eigenvalue weighted by Gasteiger charge is -2.02. The third-order valence-electron chi connectivity index (χ3n) is 1.53. The molecule has 0 unspecified atom stereocenters. The predicted molar refractivity (Wildman–Crippen MR) is 57.1 cm³/mol. The number of nitrogens with one attached hydrogen (secondary N) is 1. The van der Waals surface area contributed by atoms with E-state index in [0.717, 1.165) is 23.8 Å². The minimum absolute atomic E-state index is 0.634. The number of ether oxygens (including phenoxy) is 1. The summed E-state index contributed by atoms with van der Waals surface area (Å²) in [5.74, 6) is 6.84. The molecule has 14 heavy (non-hydrogen) atoms. The fourth-order valence-corrected chi connectivity index (χ4v) is 1.67. The van der Waals surface area contributed by atoms with Gasteiger partial charge in [-0.3, -0.25) is 0 Å². The van der Waals surface area contributed by atoms with Crippen molar-refractivity contribution in [3.63, 3.8) is 0 Å². The van der Waals surface area contributed by atoms with Gasteiger partial charge in [0.15, 0.2) is 0 Å². The van der Waals surface area contributed by atoms with E-state index >= 15 is 0 Å². The SMILES string of the molecule is COCCCSc1cc(NN)ncn1. The highest BCUT2D eigenvalue weighted by Crippen LogP contribution is 2.17. The average molecular weight is 214 g/mol. The smallest absolute Gasteiger partial charge is 0.144 e. The van der Waals surface area contributed by atoms with E-state index in [0.29, 0.717) is 5.82 Å². The molecule has 0 atom stereocenters. The van der Waals surface area contributed by atoms with Gasteiger partial charge in [0, 0.05) is 25.5 Å². The molecule has 0 saturated heterocycles. The molecule has 0 aliphatic rings. The van der Waals surface area contributed by atoms with Crippen molar-refractivity contribution in [2.45, 2.75) is 11.4 Å². The quantitative estimate of drug-likeness (QED) is 0.241. The molecule has 0 amide bonds. The van der Waals surface area contributed by atoms with Gasteiger partial charge in [-0.2, -0.15) is 0 Å². The zero-order valence-electron chi connectivity index (χ0n) is 8.06. The second kappa shape index (κ2) is 6.58. The van der Waals surface area contributed by atoms with E-state index in [1.165, 1.54) is 6.33 Å². The minimum Gasteiger partial charge on any atom is -0.385 e. The first kappa shape index (κ1) is 11.2. The Balaban J connectivity index is 2.34. The Morgan fingerprint density at radius 3 is 3.14 bits per heavy atom. The Morgan fingerprint density at radius 2 is 2.43 bits per heavy atom. The molecule has 0 bridgehead atoms. The van der Waals surface area contributed by atoms with Crippen LogP contribution in [0, 0.1) is 0 Å². The summed E-state index contributed by atoms with van der Waals surface area (Å²) in [5.41, 5.74) is 2.48. The van der Waals surface area contributed by atoms with Crippen molar-refractivity contribution >= 4 is 17.6 Å². The molecule has 0 aliphatic heterocycles. The number of hydrogen-bond acceptors (Lipinski definition) is 6. The van der Waals surface area contributed by atoms with Crippen LogP contribution in [-0.2, 0) is 4.74 Å². The van der Waals surface area contributed by atoms with Crippen LogP contribution in [0.1, 0.15) is 6.42 Å². The fourth-order valence-electron chi connectivity index (χ4n) is 0.877. The predicted octanol–water partition coefficient (Wildman–Crippen LogP) is 0.891. The van der Waals surface area contributed by atoms with Crippen LogP contribution >= 0.6 is 11.8 Å². The monoisotopic (exact) mass is 214 g/mol. The third-order valence-corrected chi connectivity index (χ3v) is 2.54. The molecule has 1 rings (SSSR count). The van der Waals surface area contributed by atoms with Crippen molar-refractivity contribution in [2.75, 3.05) is 24.9 Å². The van der Waals surface area contributed by atoms with Gasteiger partial charge in [0.1, 0.15) is 17.2 Å². The van der Waals surface area contributed by atoms with Crippen molar-refractivity contribution in [3.8, 4) is 0 Å². The number of nitrogens with two attached hydrogens (primary N) is 1. The molecule has 0 saturated carbocycles. The van der Waals surface area contributed by atoms with Crippen LogP contribution < -0.4 is 11.3 Å². The summed E-state index contributed by atoms with van der Waals surface area (Å²) in [6.45, 7) is 0.778. The van der Waals surface area contributed by atoms with Crippen LogP contribution in [0.25, 0.3) is 0 Å². The molecule has 3 N–H and O–H groups in total. The highest BCUT2D eigenvalue weighted by atomic mass is 32.2. The van der Waals surface area contributed by atoms with Crippen molar-refractivity contribution in [2.24, 2.45) is 5.84 Å². The number of thioether (sulfide) groups is 1. The first-order valence-corrected chi connectivity index (χ1v) is 5.25. The zero-order valence-corrected chi connectivity index (χ0v) is 8.88. The summed E-state index contributed by atoms with van der Waals surface area (Å²) in [7, 11) is 1.70. The molecule has 1 aromatic heterocycles. The van der Waals surface area contributed by atoms with Crippen molar-refractivity contribution in [1.82, 2.24) is 9.97 Å². The van der Waals surface area contributed by atoms with Gasteiger partial charge < -0.3 is 10.2 Å². The lowest BCUT2D eigenvalue weighted by atomic mass is 10.5. The summed E-state index contributed by atoms with van der Waals surface area (Å²) in [6, 6.07) is 1.82. The van der Waals surface area contributed by atoms with Crippen LogP contribution in [0.15, 0.2) is 17.4 Å². The molecule has 78 valence electrons. The number of methoxy groups -OCH3 is 1. The number of rotatable bonds is 6. The second-order valence-corrected chi connectivity index (χ2v) is 3.70. The van der Waals surface area contributed by atoms with Crippen molar-refractivity contribution < 1.29 is 4.74 Å². The van der Waals surface area contributed by atoms with Gasteiger partial charge in [0.2, 0.25) is 0 Å². The molecule has 0 aliphatic carbocycles. The number of nitrogen functional groups attached to an aromatic ring is 1. The largest absolute Gasteiger partial charge is 0.385 e. The Morgan fingerprint density at radius 1 is 1.57 bits per heavy atom. The Kier molecular flexibility index (Phi) is 5.28. The lowest BCUT2D eigenvalue weighted by Crippen LogP contribution is -2.08. The van der Waals surface area contributed by atoms with Crippen LogP contribution in [0.3, 0.4) is 0 Å². The molecule has 1 aromatic rings. The van der Waals surface area contributed by atoms with Gasteiger partial charge in [-0.1, -0.05) is 0 Å². The van der Waals surface area contributed by atoms with Crippen molar-refractivity contribution in [1.29, 1.82) is 0 Å². The van der Waals surface area contributed by atoms with E-state index in [9.17, 15) is 0 Å². The molecule has 0 aromatic carbocycles. The van der Waals surface area contributed by atoms with E-state index in [-0.39, 0.29) is 0 Å². The molecule has 6 heteroatoms. The third kappa shape index (κ3) is 3.91. The van der Waals surface area contributed by atoms with E-state index in [1.54, 1.807) is 18.9 Å². The lowest BCUT2D eigenvalue weighted by molar-refractivity contribution is 0.200. The highest BCUT2D eigenvalue weighted by molar-refractivity contribution is 7.99. The standard InChI is InChI=1S/C8H14N4OS/c1-13-3-2-4-14-8-5-7(12-9)10-6-11-8/h5-6H,2-4,9H2,1H3,(H,10,11,12). The molecule has 5 nitrogen and oxygen atoms in total. The van der Waals surface area contributed by atoms with Crippen LogP contribution in [0.5, 0.6) is 0 Å². The molecule has 0 spiro atoms. The Bertz CT molecular complexity index is 271. The van der Waals surface area contributed by atoms with Crippen LogP contribution in [0.2, 0.25) is 0 Å². The zero-order chi connectivity index (χ0) is 10.2. The van der Waals surface area contributed by atoms with Crippen LogP contribution in [0.4, 0.5) is 5.82 Å². The maximum Gasteiger partial charge on any atom is 0.144 e. The van der Waals surface area contributed by atoms with E-state index in [1.807, 2.05) is 6.07 Å². The second-order valence-electron chi connectivity index (χ2n) is 2.58. The van der Waals surface area contributed by atoms with Gasteiger partial charge in [0.05, 0.1) is 0 Å². The number of aromatic nitrogens is 2. The average Bonchev–Trinajstić information content (AvgIpc) is 2.25. The highest BCUT2D eigenvalue weighted by Gasteiger charge is 1.97. The first-order valence-electron chi connectivity index (χ1n) is 4.27. The first-order chi connectivity index (χ1) is 6.86. The topological polar surface area (TPSA) is 73.1 Å². The summed E-state index contributed by atoms with van der Waals surface area (Å²) in [6.07, 6.45) is 2.50. The number of hydrogen-bond donors (Lipinski definition) is 2. The molecule has 0 fully saturated rings. The maximum absolute atomic E-state index is 5.23.